The second-order valence-electron chi connectivity index (χ2n) is 8.82. The molecular weight excluding hydrogens is 448 g/mol. The van der Waals surface area contributed by atoms with Gasteiger partial charge in [-0.05, 0) is 49.3 Å². The summed E-state index contributed by atoms with van der Waals surface area (Å²) in [5.74, 6) is 0.574. The fourth-order valence-corrected chi connectivity index (χ4v) is 4.81. The maximum atomic E-state index is 13.0. The molecular formula is C26H28N4O3S. The Morgan fingerprint density at radius 1 is 1.09 bits per heavy atom. The third kappa shape index (κ3) is 5.56. The zero-order valence-corrected chi connectivity index (χ0v) is 19.7. The highest BCUT2D eigenvalue weighted by Gasteiger charge is 2.35. The van der Waals surface area contributed by atoms with Crippen LogP contribution in [0.2, 0.25) is 0 Å². The van der Waals surface area contributed by atoms with Crippen LogP contribution < -0.4 is 10.6 Å². The van der Waals surface area contributed by atoms with Crippen LogP contribution in [-0.2, 0) is 16.1 Å². The minimum atomic E-state index is -0.550. The van der Waals surface area contributed by atoms with Crippen molar-refractivity contribution in [2.75, 3.05) is 23.7 Å². The molecule has 1 saturated heterocycles. The predicted octanol–water partition coefficient (Wildman–Crippen LogP) is 5.37. The molecule has 34 heavy (non-hydrogen) atoms. The minimum Gasteiger partial charge on any atom is -0.445 e. The molecule has 0 unspecified atom stereocenters. The van der Waals surface area contributed by atoms with Crippen LogP contribution in [0, 0.1) is 5.92 Å². The van der Waals surface area contributed by atoms with Crippen LogP contribution in [-0.4, -0.2) is 41.0 Å². The summed E-state index contributed by atoms with van der Waals surface area (Å²) in [6.07, 6.45) is 3.54. The molecule has 0 spiro atoms. The summed E-state index contributed by atoms with van der Waals surface area (Å²) in [5.41, 5.74) is 3.82. The Bertz CT molecular complexity index is 1150. The van der Waals surface area contributed by atoms with E-state index in [0.29, 0.717) is 18.1 Å². The summed E-state index contributed by atoms with van der Waals surface area (Å²) in [6.45, 7) is 1.71. The van der Waals surface area contributed by atoms with E-state index in [-0.39, 0.29) is 12.5 Å². The molecule has 1 aliphatic heterocycles. The molecule has 8 heteroatoms. The molecule has 1 saturated carbocycles. The van der Waals surface area contributed by atoms with Crippen LogP contribution >= 0.6 is 11.3 Å². The van der Waals surface area contributed by atoms with Gasteiger partial charge in [0.1, 0.15) is 12.6 Å². The van der Waals surface area contributed by atoms with Crippen molar-refractivity contribution in [3.05, 3.63) is 65.5 Å². The first-order valence-electron chi connectivity index (χ1n) is 11.7. The highest BCUT2D eigenvalue weighted by atomic mass is 32.1. The lowest BCUT2D eigenvalue weighted by atomic mass is 10.1. The molecule has 2 amide bonds. The third-order valence-corrected chi connectivity index (χ3v) is 6.94. The number of thiazole rings is 1. The van der Waals surface area contributed by atoms with E-state index < -0.39 is 12.1 Å². The number of amides is 2. The Kier molecular flexibility index (Phi) is 6.76. The Morgan fingerprint density at radius 2 is 1.94 bits per heavy atom. The predicted molar refractivity (Wildman–Crippen MR) is 134 cm³/mol. The van der Waals surface area contributed by atoms with Crippen molar-refractivity contribution in [1.82, 2.24) is 9.88 Å². The molecule has 1 aliphatic carbocycles. The van der Waals surface area contributed by atoms with Crippen LogP contribution in [0.1, 0.15) is 31.2 Å². The molecule has 176 valence electrons. The van der Waals surface area contributed by atoms with Gasteiger partial charge < -0.3 is 15.4 Å². The van der Waals surface area contributed by atoms with E-state index in [1.54, 1.807) is 0 Å². The monoisotopic (exact) mass is 476 g/mol. The number of carbonyl (C=O) groups is 2. The van der Waals surface area contributed by atoms with Gasteiger partial charge in [0.25, 0.3) is 0 Å². The number of carbonyl (C=O) groups excluding carboxylic acids is 2. The van der Waals surface area contributed by atoms with Crippen molar-refractivity contribution in [2.45, 2.75) is 38.3 Å². The summed E-state index contributed by atoms with van der Waals surface area (Å²) in [7, 11) is 0. The zero-order chi connectivity index (χ0) is 23.3. The number of hydrogen-bond donors (Lipinski definition) is 2. The van der Waals surface area contributed by atoms with Crippen molar-refractivity contribution in [3.63, 3.8) is 0 Å². The van der Waals surface area contributed by atoms with E-state index in [1.165, 1.54) is 29.1 Å². The van der Waals surface area contributed by atoms with Crippen LogP contribution in [0.3, 0.4) is 0 Å². The van der Waals surface area contributed by atoms with E-state index >= 15 is 0 Å². The van der Waals surface area contributed by atoms with Crippen molar-refractivity contribution in [2.24, 2.45) is 5.92 Å². The highest BCUT2D eigenvalue weighted by molar-refractivity contribution is 7.14. The van der Waals surface area contributed by atoms with Gasteiger partial charge in [0, 0.05) is 29.7 Å². The average molecular weight is 477 g/mol. The fourth-order valence-electron chi connectivity index (χ4n) is 4.09. The number of anilines is 2. The number of aromatic nitrogens is 1. The van der Waals surface area contributed by atoms with Gasteiger partial charge in [-0.2, -0.15) is 0 Å². The maximum absolute atomic E-state index is 13.0. The summed E-state index contributed by atoms with van der Waals surface area (Å²) in [4.78, 5) is 31.7. The third-order valence-electron chi connectivity index (χ3n) is 6.18. The molecule has 1 aromatic heterocycles. The van der Waals surface area contributed by atoms with Crippen LogP contribution in [0.15, 0.2) is 60.0 Å². The SMILES string of the molecule is O=C(Nc1nc(-c2cccc(NCC3CC3)c2)cs1)[C@@H]1CCCN1C(=O)OCc1ccccc1. The van der Waals surface area contributed by atoms with E-state index in [4.69, 9.17) is 4.74 Å². The summed E-state index contributed by atoms with van der Waals surface area (Å²) in [5, 5.41) is 8.85. The second-order valence-corrected chi connectivity index (χ2v) is 9.68. The fraction of sp³-hybridized carbons (Fsp3) is 0.346. The van der Waals surface area contributed by atoms with Gasteiger partial charge in [0.15, 0.2) is 5.13 Å². The summed E-state index contributed by atoms with van der Waals surface area (Å²) < 4.78 is 5.44. The van der Waals surface area contributed by atoms with Gasteiger partial charge in [-0.1, -0.05) is 42.5 Å². The number of nitrogens with zero attached hydrogens (tertiary/aromatic N) is 2. The maximum Gasteiger partial charge on any atom is 0.410 e. The second kappa shape index (κ2) is 10.3. The van der Waals surface area contributed by atoms with Gasteiger partial charge >= 0.3 is 6.09 Å². The lowest BCUT2D eigenvalue weighted by molar-refractivity contribution is -0.120. The molecule has 2 aromatic carbocycles. The van der Waals surface area contributed by atoms with E-state index in [0.717, 1.165) is 41.4 Å². The van der Waals surface area contributed by atoms with E-state index in [9.17, 15) is 9.59 Å². The minimum absolute atomic E-state index is 0.189. The Hall–Kier alpha value is -3.39. The van der Waals surface area contributed by atoms with Gasteiger partial charge in [-0.15, -0.1) is 11.3 Å². The first-order valence-corrected chi connectivity index (χ1v) is 12.6. The van der Waals surface area contributed by atoms with Crippen molar-refractivity contribution >= 4 is 34.2 Å². The molecule has 2 heterocycles. The van der Waals surface area contributed by atoms with Crippen LogP contribution in [0.25, 0.3) is 11.3 Å². The summed E-state index contributed by atoms with van der Waals surface area (Å²) in [6, 6.07) is 17.2. The lowest BCUT2D eigenvalue weighted by Crippen LogP contribution is -2.43. The number of nitrogens with one attached hydrogen (secondary N) is 2. The standard InChI is InChI=1S/C26H28N4O3S/c31-24(23-10-5-13-30(23)26(32)33-16-19-6-2-1-3-7-19)29-25-28-22(17-34-25)20-8-4-9-21(14-20)27-15-18-11-12-18/h1-4,6-9,14,17-18,23,27H,5,10-13,15-16H2,(H,28,29,31)/t23-/m0/s1. The van der Waals surface area contributed by atoms with Crippen molar-refractivity contribution in [3.8, 4) is 11.3 Å². The number of likely N-dealkylation sites (tertiary alicyclic amines) is 1. The Balaban J connectivity index is 1.18. The largest absolute Gasteiger partial charge is 0.445 e. The average Bonchev–Trinajstić information content (AvgIpc) is 3.35. The molecule has 2 aliphatic rings. The molecule has 1 atom stereocenters. The number of benzene rings is 2. The number of hydrogen-bond acceptors (Lipinski definition) is 6. The highest BCUT2D eigenvalue weighted by Crippen LogP contribution is 2.31. The van der Waals surface area contributed by atoms with Gasteiger partial charge in [0.05, 0.1) is 5.69 Å². The smallest absolute Gasteiger partial charge is 0.410 e. The molecule has 0 radical (unpaired) electrons. The zero-order valence-electron chi connectivity index (χ0n) is 18.9. The lowest BCUT2D eigenvalue weighted by Gasteiger charge is -2.22. The van der Waals surface area contributed by atoms with Crippen LogP contribution in [0.4, 0.5) is 15.6 Å². The van der Waals surface area contributed by atoms with Gasteiger partial charge in [0.2, 0.25) is 5.91 Å². The topological polar surface area (TPSA) is 83.6 Å². The van der Waals surface area contributed by atoms with E-state index in [1.807, 2.05) is 47.8 Å². The molecule has 3 aromatic rings. The van der Waals surface area contributed by atoms with Gasteiger partial charge in [-0.25, -0.2) is 9.78 Å². The molecule has 5 rings (SSSR count). The van der Waals surface area contributed by atoms with E-state index in [2.05, 4.69) is 27.8 Å². The molecule has 2 N–H and O–H groups in total. The van der Waals surface area contributed by atoms with Crippen molar-refractivity contribution in [1.29, 1.82) is 0 Å². The first kappa shape index (κ1) is 22.4. The normalized spacial score (nSPS) is 17.4. The van der Waals surface area contributed by atoms with Crippen molar-refractivity contribution < 1.29 is 14.3 Å². The molecule has 7 nitrogen and oxygen atoms in total. The number of ether oxygens (including phenoxy) is 1. The molecule has 0 bridgehead atoms. The number of rotatable bonds is 8. The van der Waals surface area contributed by atoms with Gasteiger partial charge in [-0.3, -0.25) is 9.69 Å². The van der Waals surface area contributed by atoms with Crippen LogP contribution in [0.5, 0.6) is 0 Å². The first-order chi connectivity index (χ1) is 16.7. The Labute approximate surface area is 203 Å². The summed E-state index contributed by atoms with van der Waals surface area (Å²) >= 11 is 1.38. The quantitative estimate of drug-likeness (QED) is 0.457. The molecule has 2 fully saturated rings. The Morgan fingerprint density at radius 3 is 2.76 bits per heavy atom.